The van der Waals surface area contributed by atoms with Gasteiger partial charge in [0, 0.05) is 11.1 Å². The van der Waals surface area contributed by atoms with Gasteiger partial charge in [0.05, 0.1) is 21.2 Å². The molecule has 8 heteroatoms. The summed E-state index contributed by atoms with van der Waals surface area (Å²) < 4.78 is 0.102. The molecule has 0 bridgehead atoms. The van der Waals surface area contributed by atoms with Crippen LogP contribution in [0.1, 0.15) is 10.4 Å². The lowest BCUT2D eigenvalue weighted by molar-refractivity contribution is -0.385. The molecule has 0 aliphatic carbocycles. The fourth-order valence-corrected chi connectivity index (χ4v) is 2.55. The van der Waals surface area contributed by atoms with Crippen LogP contribution >= 0.6 is 39.1 Å². The SMILES string of the molecule is O=C(Nc1cc(Cl)ccc1Cl)c1cccc([N+](=O)[O-])c1Br. The molecule has 2 aromatic carbocycles. The quantitative estimate of drug-likeness (QED) is 0.598. The molecule has 2 rings (SSSR count). The predicted octanol–water partition coefficient (Wildman–Crippen LogP) is 4.92. The van der Waals surface area contributed by atoms with Gasteiger partial charge in [0.15, 0.2) is 0 Å². The number of amides is 1. The van der Waals surface area contributed by atoms with E-state index in [1.165, 1.54) is 24.3 Å². The number of nitro groups is 1. The molecule has 2 aromatic rings. The molecule has 1 amide bonds. The maximum Gasteiger partial charge on any atom is 0.284 e. The van der Waals surface area contributed by atoms with Gasteiger partial charge in [-0.25, -0.2) is 0 Å². The average molecular weight is 390 g/mol. The Kier molecular flexibility index (Phi) is 4.82. The van der Waals surface area contributed by atoms with Crippen molar-refractivity contribution in [2.45, 2.75) is 0 Å². The van der Waals surface area contributed by atoms with E-state index in [0.717, 1.165) is 0 Å². The maximum absolute atomic E-state index is 12.2. The van der Waals surface area contributed by atoms with Crippen molar-refractivity contribution in [1.29, 1.82) is 0 Å². The number of rotatable bonds is 3. The molecule has 1 N–H and O–H groups in total. The highest BCUT2D eigenvalue weighted by atomic mass is 79.9. The predicted molar refractivity (Wildman–Crippen MR) is 85.2 cm³/mol. The van der Waals surface area contributed by atoms with Crippen molar-refractivity contribution >= 4 is 56.4 Å². The van der Waals surface area contributed by atoms with E-state index in [9.17, 15) is 14.9 Å². The molecule has 0 aliphatic heterocycles. The molecule has 0 radical (unpaired) electrons. The van der Waals surface area contributed by atoms with Crippen molar-refractivity contribution in [3.05, 3.63) is 66.6 Å². The van der Waals surface area contributed by atoms with Gasteiger partial charge >= 0.3 is 0 Å². The molecule has 0 saturated heterocycles. The van der Waals surface area contributed by atoms with Crippen LogP contribution in [-0.4, -0.2) is 10.8 Å². The zero-order chi connectivity index (χ0) is 15.6. The molecule has 0 spiro atoms. The highest BCUT2D eigenvalue weighted by molar-refractivity contribution is 9.10. The second kappa shape index (κ2) is 6.43. The number of halogens is 3. The molecule has 108 valence electrons. The monoisotopic (exact) mass is 388 g/mol. The minimum atomic E-state index is -0.576. The van der Waals surface area contributed by atoms with Gasteiger partial charge in [0.25, 0.3) is 11.6 Å². The first kappa shape index (κ1) is 15.8. The van der Waals surface area contributed by atoms with Crippen LogP contribution in [0.5, 0.6) is 0 Å². The van der Waals surface area contributed by atoms with Crippen molar-refractivity contribution in [3.63, 3.8) is 0 Å². The van der Waals surface area contributed by atoms with E-state index in [2.05, 4.69) is 21.2 Å². The van der Waals surface area contributed by atoms with Crippen LogP contribution in [0.25, 0.3) is 0 Å². The van der Waals surface area contributed by atoms with E-state index in [4.69, 9.17) is 23.2 Å². The summed E-state index contributed by atoms with van der Waals surface area (Å²) in [6, 6.07) is 8.81. The Bertz CT molecular complexity index is 737. The number of benzene rings is 2. The number of hydrogen-bond acceptors (Lipinski definition) is 3. The molecular weight excluding hydrogens is 383 g/mol. The lowest BCUT2D eigenvalue weighted by Crippen LogP contribution is -2.13. The van der Waals surface area contributed by atoms with Crippen LogP contribution in [0.3, 0.4) is 0 Å². The Hall–Kier alpha value is -1.63. The molecule has 0 heterocycles. The van der Waals surface area contributed by atoms with Crippen molar-refractivity contribution in [2.75, 3.05) is 5.32 Å². The van der Waals surface area contributed by atoms with Gasteiger partial charge in [-0.15, -0.1) is 0 Å². The highest BCUT2D eigenvalue weighted by Crippen LogP contribution is 2.30. The maximum atomic E-state index is 12.2. The molecular formula is C13H7BrCl2N2O3. The van der Waals surface area contributed by atoms with Gasteiger partial charge in [-0.2, -0.15) is 0 Å². The van der Waals surface area contributed by atoms with E-state index in [0.29, 0.717) is 15.7 Å². The Labute approximate surface area is 138 Å². The van der Waals surface area contributed by atoms with Gasteiger partial charge in [-0.3, -0.25) is 14.9 Å². The van der Waals surface area contributed by atoms with Gasteiger partial charge in [0.2, 0.25) is 0 Å². The lowest BCUT2D eigenvalue weighted by atomic mass is 10.2. The Morgan fingerprint density at radius 2 is 1.95 bits per heavy atom. The van der Waals surface area contributed by atoms with Crippen LogP contribution in [0, 0.1) is 10.1 Å². The topological polar surface area (TPSA) is 72.2 Å². The van der Waals surface area contributed by atoms with E-state index in [1.807, 2.05) is 0 Å². The van der Waals surface area contributed by atoms with E-state index < -0.39 is 10.8 Å². The summed E-state index contributed by atoms with van der Waals surface area (Å²) in [6.45, 7) is 0. The van der Waals surface area contributed by atoms with Gasteiger partial charge < -0.3 is 5.32 Å². The van der Waals surface area contributed by atoms with Crippen molar-refractivity contribution in [1.82, 2.24) is 0 Å². The highest BCUT2D eigenvalue weighted by Gasteiger charge is 2.20. The first-order valence-corrected chi connectivity index (χ1v) is 7.14. The van der Waals surface area contributed by atoms with Gasteiger partial charge in [0.1, 0.15) is 4.47 Å². The Balaban J connectivity index is 2.35. The Morgan fingerprint density at radius 3 is 2.62 bits per heavy atom. The summed E-state index contributed by atoms with van der Waals surface area (Å²) in [6.07, 6.45) is 0. The average Bonchev–Trinajstić information content (AvgIpc) is 2.42. The smallest absolute Gasteiger partial charge is 0.284 e. The van der Waals surface area contributed by atoms with Crippen LogP contribution in [-0.2, 0) is 0 Å². The van der Waals surface area contributed by atoms with Crippen LogP contribution in [0.4, 0.5) is 11.4 Å². The van der Waals surface area contributed by atoms with Crippen molar-refractivity contribution < 1.29 is 9.72 Å². The van der Waals surface area contributed by atoms with E-state index in [-0.39, 0.29) is 15.7 Å². The lowest BCUT2D eigenvalue weighted by Gasteiger charge is -2.09. The number of nitro benzene ring substituents is 1. The van der Waals surface area contributed by atoms with E-state index >= 15 is 0 Å². The third-order valence-corrected chi connectivity index (χ3v) is 3.99. The summed E-state index contributed by atoms with van der Waals surface area (Å²) in [7, 11) is 0. The van der Waals surface area contributed by atoms with Gasteiger partial charge in [-0.05, 0) is 40.2 Å². The largest absolute Gasteiger partial charge is 0.321 e. The number of anilines is 1. The second-order valence-electron chi connectivity index (χ2n) is 3.97. The summed E-state index contributed by atoms with van der Waals surface area (Å²) in [5.74, 6) is -0.533. The molecule has 0 aliphatic rings. The summed E-state index contributed by atoms with van der Waals surface area (Å²) in [5.41, 5.74) is 0.257. The molecule has 0 aromatic heterocycles. The van der Waals surface area contributed by atoms with Crippen molar-refractivity contribution in [3.8, 4) is 0 Å². The fraction of sp³-hybridized carbons (Fsp3) is 0. The van der Waals surface area contributed by atoms with Crippen LogP contribution in [0.2, 0.25) is 10.0 Å². The summed E-state index contributed by atoms with van der Waals surface area (Å²) in [4.78, 5) is 22.5. The third kappa shape index (κ3) is 3.53. The zero-order valence-corrected chi connectivity index (χ0v) is 13.4. The first-order chi connectivity index (χ1) is 9.90. The molecule has 0 unspecified atom stereocenters. The van der Waals surface area contributed by atoms with Crippen LogP contribution < -0.4 is 5.32 Å². The molecule has 0 fully saturated rings. The molecule has 0 atom stereocenters. The number of hydrogen-bond donors (Lipinski definition) is 1. The number of nitrogens with one attached hydrogen (secondary N) is 1. The molecule has 0 saturated carbocycles. The number of carbonyl (C=O) groups is 1. The molecule has 5 nitrogen and oxygen atoms in total. The second-order valence-corrected chi connectivity index (χ2v) is 5.61. The third-order valence-electron chi connectivity index (χ3n) is 2.60. The fourth-order valence-electron chi connectivity index (χ4n) is 1.62. The summed E-state index contributed by atoms with van der Waals surface area (Å²) in [5, 5.41) is 14.1. The van der Waals surface area contributed by atoms with Crippen molar-refractivity contribution in [2.24, 2.45) is 0 Å². The van der Waals surface area contributed by atoms with Crippen LogP contribution in [0.15, 0.2) is 40.9 Å². The minimum Gasteiger partial charge on any atom is -0.321 e. The standard InChI is InChI=1S/C13H7BrCl2N2O3/c14-12-8(2-1-3-11(12)18(20)21)13(19)17-10-6-7(15)4-5-9(10)16/h1-6H,(H,17,19). The minimum absolute atomic E-state index is 0.102. The number of nitrogens with zero attached hydrogens (tertiary/aromatic N) is 1. The summed E-state index contributed by atoms with van der Waals surface area (Å²) >= 11 is 14.9. The normalized spacial score (nSPS) is 10.2. The van der Waals surface area contributed by atoms with E-state index in [1.54, 1.807) is 12.1 Å². The number of carbonyl (C=O) groups excluding carboxylic acids is 1. The Morgan fingerprint density at radius 1 is 1.24 bits per heavy atom. The molecule has 21 heavy (non-hydrogen) atoms. The zero-order valence-electron chi connectivity index (χ0n) is 10.3. The first-order valence-electron chi connectivity index (χ1n) is 5.59. The van der Waals surface area contributed by atoms with Gasteiger partial charge in [-0.1, -0.05) is 29.3 Å².